The van der Waals surface area contributed by atoms with Gasteiger partial charge in [0.15, 0.2) is 0 Å². The Bertz CT molecular complexity index is 217. The first-order valence-corrected chi connectivity index (χ1v) is 3.44. The number of rotatable bonds is 0. The lowest BCUT2D eigenvalue weighted by molar-refractivity contribution is 0.948. The maximum absolute atomic E-state index is 4.35. The molecule has 1 heteroatoms. The Labute approximate surface area is 54.8 Å². The van der Waals surface area contributed by atoms with E-state index in [1.165, 1.54) is 30.5 Å². The SMILES string of the molecule is C1=CCN=C2CCCC=12. The molecule has 1 saturated carbocycles. The fourth-order valence-electron chi connectivity index (χ4n) is 1.38. The number of hydrogen-bond donors (Lipinski definition) is 0. The Hall–Kier alpha value is -0.810. The quantitative estimate of drug-likeness (QED) is 0.430. The summed E-state index contributed by atoms with van der Waals surface area (Å²) in [6.07, 6.45) is 5.70. The van der Waals surface area contributed by atoms with Gasteiger partial charge in [-0.05, 0) is 25.3 Å². The van der Waals surface area contributed by atoms with Crippen molar-refractivity contribution in [1.82, 2.24) is 0 Å². The first-order valence-electron chi connectivity index (χ1n) is 3.44. The van der Waals surface area contributed by atoms with Crippen molar-refractivity contribution in [2.75, 3.05) is 6.54 Å². The number of nitrogens with zero attached hydrogens (tertiary/aromatic N) is 1. The van der Waals surface area contributed by atoms with Crippen molar-refractivity contribution in [1.29, 1.82) is 0 Å². The summed E-state index contributed by atoms with van der Waals surface area (Å²) in [7, 11) is 0. The minimum absolute atomic E-state index is 0.860. The van der Waals surface area contributed by atoms with Gasteiger partial charge in [-0.25, -0.2) is 0 Å². The molecule has 0 aromatic rings. The zero-order chi connectivity index (χ0) is 6.10. The second kappa shape index (κ2) is 1.85. The van der Waals surface area contributed by atoms with E-state index >= 15 is 0 Å². The predicted molar refractivity (Wildman–Crippen MR) is 37.7 cm³/mol. The molecule has 0 bridgehead atoms. The van der Waals surface area contributed by atoms with Crippen molar-refractivity contribution in [3.63, 3.8) is 0 Å². The fourth-order valence-corrected chi connectivity index (χ4v) is 1.38. The van der Waals surface area contributed by atoms with E-state index in [1.807, 2.05) is 6.08 Å². The molecule has 0 amide bonds. The lowest BCUT2D eigenvalue weighted by atomic mass is 10.2. The lowest BCUT2D eigenvalue weighted by Gasteiger charge is -1.98. The molecule has 0 N–H and O–H groups in total. The van der Waals surface area contributed by atoms with E-state index in [2.05, 4.69) is 10.7 Å². The van der Waals surface area contributed by atoms with E-state index in [0.717, 1.165) is 6.54 Å². The van der Waals surface area contributed by atoms with Crippen LogP contribution in [-0.4, -0.2) is 12.3 Å². The molecule has 1 aliphatic carbocycles. The molecule has 1 aliphatic heterocycles. The fraction of sp³-hybridized carbons (Fsp3) is 0.500. The van der Waals surface area contributed by atoms with E-state index in [4.69, 9.17) is 0 Å². The standard InChI is InChI=1S/C8H9N/c1-3-7-4-2-6-9-8(7)5-1/h2H,1,3,5-6H2. The molecular weight excluding hydrogens is 110 g/mol. The molecule has 0 spiro atoms. The highest BCUT2D eigenvalue weighted by molar-refractivity contribution is 6.02. The average Bonchev–Trinajstić information content (AvgIpc) is 2.33. The van der Waals surface area contributed by atoms with Crippen molar-refractivity contribution in [3.8, 4) is 0 Å². The Kier molecular flexibility index (Phi) is 1.03. The smallest absolute Gasteiger partial charge is 0.0647 e. The monoisotopic (exact) mass is 119 g/mol. The van der Waals surface area contributed by atoms with Crippen molar-refractivity contribution in [3.05, 3.63) is 17.4 Å². The van der Waals surface area contributed by atoms with Crippen LogP contribution in [0, 0.1) is 0 Å². The zero-order valence-electron chi connectivity index (χ0n) is 5.35. The summed E-state index contributed by atoms with van der Waals surface area (Å²) in [6, 6.07) is 0. The van der Waals surface area contributed by atoms with Crippen LogP contribution in [0.25, 0.3) is 0 Å². The molecule has 1 heterocycles. The first-order chi connectivity index (χ1) is 4.47. The molecule has 1 fully saturated rings. The zero-order valence-corrected chi connectivity index (χ0v) is 5.35. The third-order valence-electron chi connectivity index (χ3n) is 1.84. The highest BCUT2D eigenvalue weighted by atomic mass is 14.7. The van der Waals surface area contributed by atoms with Gasteiger partial charge in [0.1, 0.15) is 0 Å². The summed E-state index contributed by atoms with van der Waals surface area (Å²) < 4.78 is 0. The normalized spacial score (nSPS) is 23.1. The number of fused-ring (bicyclic) bond motifs is 1. The minimum atomic E-state index is 0.860. The molecule has 0 saturated heterocycles. The summed E-state index contributed by atoms with van der Waals surface area (Å²) in [5.41, 5.74) is 5.92. The first kappa shape index (κ1) is 5.01. The van der Waals surface area contributed by atoms with Crippen LogP contribution >= 0.6 is 0 Å². The molecule has 46 valence electrons. The van der Waals surface area contributed by atoms with Crippen LogP contribution in [0.4, 0.5) is 0 Å². The van der Waals surface area contributed by atoms with Gasteiger partial charge in [0.05, 0.1) is 6.54 Å². The molecule has 0 unspecified atom stereocenters. The van der Waals surface area contributed by atoms with Crippen molar-refractivity contribution in [2.24, 2.45) is 4.99 Å². The summed E-state index contributed by atoms with van der Waals surface area (Å²) in [5, 5.41) is 0. The summed E-state index contributed by atoms with van der Waals surface area (Å²) in [6.45, 7) is 0.860. The number of aliphatic imine (C=N–C) groups is 1. The molecule has 2 rings (SSSR count). The maximum atomic E-state index is 4.35. The van der Waals surface area contributed by atoms with E-state index < -0.39 is 0 Å². The third kappa shape index (κ3) is 0.739. The Balaban J connectivity index is 2.46. The predicted octanol–water partition coefficient (Wildman–Crippen LogP) is 1.71. The molecule has 2 aliphatic rings. The van der Waals surface area contributed by atoms with Crippen LogP contribution in [0.15, 0.2) is 22.4 Å². The molecule has 9 heavy (non-hydrogen) atoms. The topological polar surface area (TPSA) is 12.4 Å². The van der Waals surface area contributed by atoms with Gasteiger partial charge in [-0.2, -0.15) is 0 Å². The van der Waals surface area contributed by atoms with Crippen LogP contribution < -0.4 is 0 Å². The second-order valence-electron chi connectivity index (χ2n) is 2.47. The lowest BCUT2D eigenvalue weighted by Crippen LogP contribution is -1.96. The Morgan fingerprint density at radius 1 is 1.44 bits per heavy atom. The Morgan fingerprint density at radius 2 is 2.44 bits per heavy atom. The highest BCUT2D eigenvalue weighted by Crippen LogP contribution is 2.21. The average molecular weight is 119 g/mol. The summed E-state index contributed by atoms with van der Waals surface area (Å²) in [5.74, 6) is 0. The maximum Gasteiger partial charge on any atom is 0.0647 e. The van der Waals surface area contributed by atoms with Gasteiger partial charge in [0.2, 0.25) is 0 Å². The Morgan fingerprint density at radius 3 is 3.33 bits per heavy atom. The molecule has 0 aromatic heterocycles. The minimum Gasteiger partial charge on any atom is -0.284 e. The molecule has 1 nitrogen and oxygen atoms in total. The van der Waals surface area contributed by atoms with Crippen molar-refractivity contribution >= 4 is 5.71 Å². The molecule has 0 atom stereocenters. The van der Waals surface area contributed by atoms with Crippen molar-refractivity contribution < 1.29 is 0 Å². The summed E-state index contributed by atoms with van der Waals surface area (Å²) in [4.78, 5) is 4.35. The highest BCUT2D eigenvalue weighted by Gasteiger charge is 2.14. The van der Waals surface area contributed by atoms with E-state index in [9.17, 15) is 0 Å². The van der Waals surface area contributed by atoms with Gasteiger partial charge in [-0.15, -0.1) is 5.73 Å². The van der Waals surface area contributed by atoms with Gasteiger partial charge >= 0.3 is 0 Å². The number of hydrogen-bond acceptors (Lipinski definition) is 1. The van der Waals surface area contributed by atoms with Crippen LogP contribution in [0.2, 0.25) is 0 Å². The van der Waals surface area contributed by atoms with Gasteiger partial charge < -0.3 is 0 Å². The van der Waals surface area contributed by atoms with Gasteiger partial charge in [-0.1, -0.05) is 0 Å². The molecule has 0 aromatic carbocycles. The molecular formula is C8H9N. The van der Waals surface area contributed by atoms with E-state index in [1.54, 1.807) is 0 Å². The van der Waals surface area contributed by atoms with E-state index in [0.29, 0.717) is 0 Å². The van der Waals surface area contributed by atoms with Gasteiger partial charge in [0.25, 0.3) is 0 Å². The van der Waals surface area contributed by atoms with E-state index in [-0.39, 0.29) is 0 Å². The van der Waals surface area contributed by atoms with Crippen LogP contribution in [-0.2, 0) is 0 Å². The van der Waals surface area contributed by atoms with Gasteiger partial charge in [-0.3, -0.25) is 4.99 Å². The second-order valence-corrected chi connectivity index (χ2v) is 2.47. The van der Waals surface area contributed by atoms with Gasteiger partial charge in [0, 0.05) is 11.3 Å². The van der Waals surface area contributed by atoms with Crippen molar-refractivity contribution in [2.45, 2.75) is 19.3 Å². The van der Waals surface area contributed by atoms with Crippen LogP contribution in [0.1, 0.15) is 19.3 Å². The largest absolute Gasteiger partial charge is 0.284 e. The third-order valence-corrected chi connectivity index (χ3v) is 1.84. The van der Waals surface area contributed by atoms with Crippen LogP contribution in [0.3, 0.4) is 0 Å². The summed E-state index contributed by atoms with van der Waals surface area (Å²) >= 11 is 0. The molecule has 0 radical (unpaired) electrons. The van der Waals surface area contributed by atoms with Crippen LogP contribution in [0.5, 0.6) is 0 Å².